The molecule has 0 bridgehead atoms. The maximum Gasteiger partial charge on any atom is 0.511 e. The fourth-order valence-corrected chi connectivity index (χ4v) is 4.05. The lowest BCUT2D eigenvalue weighted by Crippen LogP contribution is -2.24. The highest BCUT2D eigenvalue weighted by molar-refractivity contribution is 6.30. The van der Waals surface area contributed by atoms with Crippen molar-refractivity contribution in [2.24, 2.45) is 0 Å². The average molecular weight is 512 g/mol. The van der Waals surface area contributed by atoms with Gasteiger partial charge in [-0.25, -0.2) is 4.79 Å². The lowest BCUT2D eigenvalue weighted by Gasteiger charge is -2.17. The summed E-state index contributed by atoms with van der Waals surface area (Å²) in [5, 5.41) is 28.7. The van der Waals surface area contributed by atoms with Crippen molar-refractivity contribution in [2.75, 3.05) is 6.61 Å². The molecule has 0 fully saturated rings. The van der Waals surface area contributed by atoms with E-state index in [-0.39, 0.29) is 12.2 Å². The molecule has 2 aromatic rings. The van der Waals surface area contributed by atoms with Crippen LogP contribution in [-0.4, -0.2) is 39.1 Å². The average Bonchev–Trinajstić information content (AvgIpc) is 3.15. The molecule has 14 heteroatoms. The van der Waals surface area contributed by atoms with Gasteiger partial charge in [-0.1, -0.05) is 36.6 Å². The largest absolute Gasteiger partial charge is 0.511 e. The number of carbonyl (C=O) groups is 1. The Kier molecular flexibility index (Phi) is 8.60. The second-order valence-electron chi connectivity index (χ2n) is 7.72. The first-order valence-electron chi connectivity index (χ1n) is 10.5. The Balaban J connectivity index is 1.76. The lowest BCUT2D eigenvalue weighted by atomic mass is 9.96. The molecule has 0 radical (unpaired) electrons. The number of nitrogens with zero attached hydrogens (tertiary/aromatic N) is 3. The monoisotopic (exact) mass is 511 g/mol. The van der Waals surface area contributed by atoms with Gasteiger partial charge in [0.1, 0.15) is 18.8 Å². The van der Waals surface area contributed by atoms with Crippen LogP contribution in [0.2, 0.25) is 5.02 Å². The standard InChI is InChI=1S/C21H22ClN3O10/c1-12-19(34-21(26)27)18-16(10-23-12)20(13-6-8-14(22)9-7-13)33-17(18)5-3-2-4-15(35-25(30)31)11-32-24(28)29/h6-10,15,17,20H,2-5,11H2,1H3,(H,26,27). The lowest BCUT2D eigenvalue weighted by molar-refractivity contribution is -0.790. The second-order valence-corrected chi connectivity index (χ2v) is 8.16. The van der Waals surface area contributed by atoms with Crippen molar-refractivity contribution < 1.29 is 39.2 Å². The van der Waals surface area contributed by atoms with E-state index in [4.69, 9.17) is 21.1 Å². The van der Waals surface area contributed by atoms with E-state index >= 15 is 0 Å². The predicted octanol–water partition coefficient (Wildman–Crippen LogP) is 4.61. The Labute approximate surface area is 203 Å². The summed E-state index contributed by atoms with van der Waals surface area (Å²) in [7, 11) is 0. The molecule has 0 saturated heterocycles. The molecule has 1 aliphatic rings. The summed E-state index contributed by atoms with van der Waals surface area (Å²) in [5.41, 5.74) is 2.40. The molecule has 0 amide bonds. The Hall–Kier alpha value is -3.71. The number of aryl methyl sites for hydroxylation is 1. The third-order valence-electron chi connectivity index (χ3n) is 5.39. The van der Waals surface area contributed by atoms with E-state index in [9.17, 15) is 30.1 Å². The summed E-state index contributed by atoms with van der Waals surface area (Å²) in [6.45, 7) is 1.05. The molecule has 0 saturated carbocycles. The molecule has 35 heavy (non-hydrogen) atoms. The first-order chi connectivity index (χ1) is 16.7. The minimum absolute atomic E-state index is 0.102. The van der Waals surface area contributed by atoms with Gasteiger partial charge in [0.15, 0.2) is 5.75 Å². The van der Waals surface area contributed by atoms with Crippen molar-refractivity contribution in [1.82, 2.24) is 4.98 Å². The normalized spacial score (nSPS) is 17.3. The van der Waals surface area contributed by atoms with Crippen molar-refractivity contribution in [3.8, 4) is 5.75 Å². The van der Waals surface area contributed by atoms with E-state index in [0.717, 1.165) is 5.56 Å². The van der Waals surface area contributed by atoms with Crippen molar-refractivity contribution in [3.05, 3.63) is 78.1 Å². The fourth-order valence-electron chi connectivity index (χ4n) is 3.93. The minimum Gasteiger partial charge on any atom is -0.449 e. The highest BCUT2D eigenvalue weighted by atomic mass is 35.5. The summed E-state index contributed by atoms with van der Waals surface area (Å²) in [5.74, 6) is 0.102. The number of carboxylic acid groups (broad SMARTS) is 1. The van der Waals surface area contributed by atoms with E-state index in [1.807, 2.05) is 0 Å². The van der Waals surface area contributed by atoms with Crippen LogP contribution in [0.15, 0.2) is 30.5 Å². The minimum atomic E-state index is -1.48. The van der Waals surface area contributed by atoms with Gasteiger partial charge >= 0.3 is 6.16 Å². The van der Waals surface area contributed by atoms with Crippen LogP contribution in [-0.2, 0) is 14.4 Å². The number of unbranched alkanes of at least 4 members (excludes halogenated alkanes) is 1. The third kappa shape index (κ3) is 6.90. The van der Waals surface area contributed by atoms with Gasteiger partial charge in [0.2, 0.25) is 0 Å². The topological polar surface area (TPSA) is 173 Å². The van der Waals surface area contributed by atoms with Crippen LogP contribution >= 0.6 is 11.6 Å². The number of hydrogen-bond acceptors (Lipinski definition) is 10. The molecule has 2 heterocycles. The van der Waals surface area contributed by atoms with Crippen molar-refractivity contribution in [3.63, 3.8) is 0 Å². The maximum atomic E-state index is 11.3. The Morgan fingerprint density at radius 1 is 1.23 bits per heavy atom. The number of hydrogen-bond donors (Lipinski definition) is 1. The second kappa shape index (κ2) is 11.6. The van der Waals surface area contributed by atoms with Crippen molar-refractivity contribution >= 4 is 17.8 Å². The molecule has 1 N–H and O–H groups in total. The van der Waals surface area contributed by atoms with E-state index in [2.05, 4.69) is 14.7 Å². The summed E-state index contributed by atoms with van der Waals surface area (Å²) in [6, 6.07) is 7.02. The first kappa shape index (κ1) is 25.9. The van der Waals surface area contributed by atoms with E-state index < -0.39 is 41.2 Å². The summed E-state index contributed by atoms with van der Waals surface area (Å²) < 4.78 is 11.3. The SMILES string of the molecule is Cc1ncc2c(c1OC(=O)O)C(CCCCC(CO[N+](=O)[O-])O[N+](=O)[O-])OC2c1ccc(Cl)cc1. The number of halogens is 1. The summed E-state index contributed by atoms with van der Waals surface area (Å²) in [4.78, 5) is 45.3. The van der Waals surface area contributed by atoms with Crippen LogP contribution in [0, 0.1) is 27.2 Å². The molecule has 1 aromatic carbocycles. The van der Waals surface area contributed by atoms with Gasteiger partial charge in [0.05, 0.1) is 11.8 Å². The molecule has 3 atom stereocenters. The number of aromatic nitrogens is 1. The van der Waals surface area contributed by atoms with Gasteiger partial charge in [-0.15, -0.1) is 20.2 Å². The highest BCUT2D eigenvalue weighted by Crippen LogP contribution is 2.49. The van der Waals surface area contributed by atoms with Gasteiger partial charge in [-0.2, -0.15) is 0 Å². The van der Waals surface area contributed by atoms with Gasteiger partial charge in [-0.05, 0) is 37.5 Å². The van der Waals surface area contributed by atoms with Crippen molar-refractivity contribution in [2.45, 2.75) is 50.9 Å². The Morgan fingerprint density at radius 3 is 2.57 bits per heavy atom. The molecular weight excluding hydrogens is 490 g/mol. The van der Waals surface area contributed by atoms with E-state index in [1.165, 1.54) is 0 Å². The summed E-state index contributed by atoms with van der Waals surface area (Å²) in [6.07, 6.45) is -0.619. The number of benzene rings is 1. The van der Waals surface area contributed by atoms with Crippen LogP contribution in [0.3, 0.4) is 0 Å². The van der Waals surface area contributed by atoms with Gasteiger partial charge in [0, 0.05) is 22.3 Å². The molecule has 0 spiro atoms. The maximum absolute atomic E-state index is 11.3. The van der Waals surface area contributed by atoms with E-state index in [1.54, 1.807) is 37.4 Å². The Bertz CT molecular complexity index is 1080. The fraction of sp³-hybridized carbons (Fsp3) is 0.429. The number of pyridine rings is 1. The molecule has 3 unspecified atom stereocenters. The number of fused-ring (bicyclic) bond motifs is 1. The molecular formula is C21H22ClN3O10. The van der Waals surface area contributed by atoms with Gasteiger partial charge in [-0.3, -0.25) is 4.98 Å². The molecule has 13 nitrogen and oxygen atoms in total. The van der Waals surface area contributed by atoms with E-state index in [0.29, 0.717) is 41.1 Å². The van der Waals surface area contributed by atoms with Crippen molar-refractivity contribution in [1.29, 1.82) is 0 Å². The molecule has 0 aliphatic carbocycles. The van der Waals surface area contributed by atoms with Gasteiger partial charge in [0.25, 0.3) is 10.2 Å². The first-order valence-corrected chi connectivity index (χ1v) is 10.9. The molecule has 188 valence electrons. The predicted molar refractivity (Wildman–Crippen MR) is 118 cm³/mol. The molecule has 1 aromatic heterocycles. The number of ether oxygens (including phenoxy) is 2. The Morgan fingerprint density at radius 2 is 1.94 bits per heavy atom. The smallest absolute Gasteiger partial charge is 0.449 e. The molecule has 1 aliphatic heterocycles. The molecule has 3 rings (SSSR count). The highest BCUT2D eigenvalue weighted by Gasteiger charge is 2.37. The number of rotatable bonds is 12. The van der Waals surface area contributed by atoms with Crippen LogP contribution in [0.25, 0.3) is 0 Å². The zero-order valence-corrected chi connectivity index (χ0v) is 19.3. The zero-order valence-electron chi connectivity index (χ0n) is 18.5. The quantitative estimate of drug-likeness (QED) is 0.182. The zero-order chi connectivity index (χ0) is 25.5. The van der Waals surface area contributed by atoms with Gasteiger partial charge < -0.3 is 24.3 Å². The van der Waals surface area contributed by atoms with Crippen LogP contribution < -0.4 is 4.74 Å². The van der Waals surface area contributed by atoms with Crippen LogP contribution in [0.1, 0.15) is 60.3 Å². The van der Waals surface area contributed by atoms with Crippen LogP contribution in [0.4, 0.5) is 4.79 Å². The third-order valence-corrected chi connectivity index (χ3v) is 5.64. The summed E-state index contributed by atoms with van der Waals surface area (Å²) >= 11 is 5.99. The van der Waals surface area contributed by atoms with Crippen LogP contribution in [0.5, 0.6) is 5.75 Å².